The summed E-state index contributed by atoms with van der Waals surface area (Å²) in [6, 6.07) is 13.9. The average molecular weight is 441 g/mol. The van der Waals surface area contributed by atoms with E-state index in [1.165, 1.54) is 0 Å². The van der Waals surface area contributed by atoms with Gasteiger partial charge in [-0.05, 0) is 65.5 Å². The van der Waals surface area contributed by atoms with E-state index in [0.717, 1.165) is 59.2 Å². The fraction of sp³-hybridized carbons (Fsp3) is 0.364. The highest BCUT2D eigenvalue weighted by Gasteiger charge is 2.21. The molecule has 0 saturated carbocycles. The van der Waals surface area contributed by atoms with E-state index in [2.05, 4.69) is 36.1 Å². The molecule has 1 aromatic carbocycles. The minimum atomic E-state index is -0.413. The number of anilines is 1. The molecule has 2 aromatic heterocycles. The quantitative estimate of drug-likeness (QED) is 0.599. The van der Waals surface area contributed by atoms with Crippen molar-refractivity contribution in [3.63, 3.8) is 0 Å². The molecule has 28 heavy (non-hydrogen) atoms. The zero-order valence-electron chi connectivity index (χ0n) is 15.8. The molecule has 1 fully saturated rings. The van der Waals surface area contributed by atoms with Gasteiger partial charge in [-0.2, -0.15) is 0 Å². The van der Waals surface area contributed by atoms with Gasteiger partial charge in [0.15, 0.2) is 0 Å². The molecule has 0 amide bonds. The summed E-state index contributed by atoms with van der Waals surface area (Å²) >= 11 is 3.45. The van der Waals surface area contributed by atoms with Crippen molar-refractivity contribution in [1.29, 1.82) is 0 Å². The third kappa shape index (κ3) is 4.69. The normalized spacial score (nSPS) is 16.9. The molecule has 0 spiro atoms. The molecule has 1 saturated heterocycles. The smallest absolute Gasteiger partial charge is 0.112 e. The second-order valence-electron chi connectivity index (χ2n) is 7.43. The molecular formula is C22H25BrN4O. The number of aliphatic hydroxyl groups is 1. The van der Waals surface area contributed by atoms with Crippen molar-refractivity contribution in [3.05, 3.63) is 64.9 Å². The van der Waals surface area contributed by atoms with Crippen LogP contribution >= 0.6 is 15.9 Å². The third-order valence-electron chi connectivity index (χ3n) is 5.45. The Hall–Kier alpha value is -2.02. The molecule has 3 heterocycles. The third-order valence-corrected chi connectivity index (χ3v) is 5.88. The van der Waals surface area contributed by atoms with Gasteiger partial charge in [-0.3, -0.25) is 9.97 Å². The highest BCUT2D eigenvalue weighted by molar-refractivity contribution is 9.10. The standard InChI is InChI=1S/C22H25BrN4O/c23-18-12-20-22(26-14-18)19(6-9-24-20)25-13-16-7-10-27(11-8-16)15-21(28)17-4-2-1-3-5-17/h1-6,9,12,14,16,21,28H,7-8,10-11,13,15H2,(H,24,25). The van der Waals surface area contributed by atoms with Crippen LogP contribution in [0.4, 0.5) is 5.69 Å². The Morgan fingerprint density at radius 2 is 1.93 bits per heavy atom. The van der Waals surface area contributed by atoms with E-state index in [4.69, 9.17) is 0 Å². The summed E-state index contributed by atoms with van der Waals surface area (Å²) < 4.78 is 0.940. The van der Waals surface area contributed by atoms with E-state index in [0.29, 0.717) is 12.5 Å². The number of aromatic nitrogens is 2. The number of pyridine rings is 2. The summed E-state index contributed by atoms with van der Waals surface area (Å²) in [5.41, 5.74) is 3.84. The largest absolute Gasteiger partial charge is 0.387 e. The predicted molar refractivity (Wildman–Crippen MR) is 116 cm³/mol. The van der Waals surface area contributed by atoms with Crippen molar-refractivity contribution in [2.24, 2.45) is 5.92 Å². The van der Waals surface area contributed by atoms with Gasteiger partial charge in [0, 0.05) is 30.0 Å². The molecule has 146 valence electrons. The number of β-amino-alcohol motifs (C(OH)–C–C–N with tert-alkyl or cyclic N) is 1. The van der Waals surface area contributed by atoms with Crippen LogP contribution < -0.4 is 5.32 Å². The molecule has 1 unspecified atom stereocenters. The number of rotatable bonds is 6. The Kier molecular flexibility index (Phi) is 6.20. The molecule has 1 aliphatic rings. The molecule has 4 rings (SSSR count). The molecule has 1 aliphatic heterocycles. The van der Waals surface area contributed by atoms with E-state index in [9.17, 15) is 5.11 Å². The summed E-state index contributed by atoms with van der Waals surface area (Å²) in [6.45, 7) is 3.70. The van der Waals surface area contributed by atoms with E-state index in [1.54, 1.807) is 0 Å². The molecule has 0 bridgehead atoms. The molecule has 2 N–H and O–H groups in total. The van der Waals surface area contributed by atoms with E-state index >= 15 is 0 Å². The first-order valence-electron chi connectivity index (χ1n) is 9.78. The number of halogens is 1. The monoisotopic (exact) mass is 440 g/mol. The first-order valence-corrected chi connectivity index (χ1v) is 10.6. The molecule has 5 nitrogen and oxygen atoms in total. The Balaban J connectivity index is 1.28. The molecule has 6 heteroatoms. The maximum Gasteiger partial charge on any atom is 0.112 e. The van der Waals surface area contributed by atoms with Crippen molar-refractivity contribution < 1.29 is 5.11 Å². The van der Waals surface area contributed by atoms with E-state index in [-0.39, 0.29) is 0 Å². The van der Waals surface area contributed by atoms with Crippen LogP contribution in [0.2, 0.25) is 0 Å². The number of fused-ring (bicyclic) bond motifs is 1. The average Bonchev–Trinajstić information content (AvgIpc) is 2.73. The Bertz CT molecular complexity index is 913. The van der Waals surface area contributed by atoms with Gasteiger partial charge >= 0.3 is 0 Å². The van der Waals surface area contributed by atoms with Crippen LogP contribution in [-0.4, -0.2) is 46.2 Å². The van der Waals surface area contributed by atoms with Crippen LogP contribution in [0.1, 0.15) is 24.5 Å². The van der Waals surface area contributed by atoms with Gasteiger partial charge in [-0.25, -0.2) is 0 Å². The number of hydrogen-bond acceptors (Lipinski definition) is 5. The van der Waals surface area contributed by atoms with E-state index < -0.39 is 6.10 Å². The van der Waals surface area contributed by atoms with Crippen LogP contribution in [0.15, 0.2) is 59.3 Å². The molecular weight excluding hydrogens is 416 g/mol. The number of nitrogens with one attached hydrogen (secondary N) is 1. The number of likely N-dealkylation sites (tertiary alicyclic amines) is 1. The first kappa shape index (κ1) is 19.3. The summed E-state index contributed by atoms with van der Waals surface area (Å²) in [6.07, 6.45) is 5.50. The molecule has 1 atom stereocenters. The number of hydrogen-bond donors (Lipinski definition) is 2. The molecule has 0 aliphatic carbocycles. The first-order chi connectivity index (χ1) is 13.7. The Morgan fingerprint density at radius 1 is 1.14 bits per heavy atom. The number of piperidine rings is 1. The summed E-state index contributed by atoms with van der Waals surface area (Å²) in [5.74, 6) is 0.629. The van der Waals surface area contributed by atoms with Gasteiger partial charge in [-0.15, -0.1) is 0 Å². The zero-order chi connectivity index (χ0) is 19.3. The lowest BCUT2D eigenvalue weighted by atomic mass is 9.96. The lowest BCUT2D eigenvalue weighted by molar-refractivity contribution is 0.0909. The van der Waals surface area contributed by atoms with Crippen LogP contribution in [0.3, 0.4) is 0 Å². The molecule has 0 radical (unpaired) electrons. The zero-order valence-corrected chi connectivity index (χ0v) is 17.3. The maximum absolute atomic E-state index is 10.4. The van der Waals surface area contributed by atoms with Crippen molar-refractivity contribution in [2.75, 3.05) is 31.5 Å². The van der Waals surface area contributed by atoms with Crippen LogP contribution in [-0.2, 0) is 0 Å². The summed E-state index contributed by atoms with van der Waals surface area (Å²) in [4.78, 5) is 11.3. The SMILES string of the molecule is OC(CN1CCC(CNc2ccnc3cc(Br)cnc23)CC1)c1ccccc1. The predicted octanol–water partition coefficient (Wildman–Crippen LogP) is 4.25. The lowest BCUT2D eigenvalue weighted by Crippen LogP contribution is -2.38. The van der Waals surface area contributed by atoms with Crippen LogP contribution in [0.5, 0.6) is 0 Å². The highest BCUT2D eigenvalue weighted by atomic mass is 79.9. The Labute approximate surface area is 173 Å². The topological polar surface area (TPSA) is 61.3 Å². The minimum Gasteiger partial charge on any atom is -0.387 e. The van der Waals surface area contributed by atoms with Gasteiger partial charge in [-0.1, -0.05) is 30.3 Å². The van der Waals surface area contributed by atoms with Crippen LogP contribution in [0, 0.1) is 5.92 Å². The summed E-state index contributed by atoms with van der Waals surface area (Å²) in [7, 11) is 0. The van der Waals surface area contributed by atoms with Crippen molar-refractivity contribution in [3.8, 4) is 0 Å². The van der Waals surface area contributed by atoms with Gasteiger partial charge in [0.05, 0.1) is 17.3 Å². The minimum absolute atomic E-state index is 0.413. The van der Waals surface area contributed by atoms with E-state index in [1.807, 2.05) is 54.9 Å². The second-order valence-corrected chi connectivity index (χ2v) is 8.35. The fourth-order valence-corrected chi connectivity index (χ4v) is 4.12. The van der Waals surface area contributed by atoms with Gasteiger partial charge < -0.3 is 15.3 Å². The van der Waals surface area contributed by atoms with Gasteiger partial charge in [0.25, 0.3) is 0 Å². The van der Waals surface area contributed by atoms with Crippen molar-refractivity contribution >= 4 is 32.7 Å². The number of benzene rings is 1. The second kappa shape index (κ2) is 8.99. The molecule has 3 aromatic rings. The highest BCUT2D eigenvalue weighted by Crippen LogP contribution is 2.24. The maximum atomic E-state index is 10.4. The van der Waals surface area contributed by atoms with Crippen LogP contribution in [0.25, 0.3) is 11.0 Å². The van der Waals surface area contributed by atoms with Gasteiger partial charge in [0.1, 0.15) is 5.52 Å². The van der Waals surface area contributed by atoms with Gasteiger partial charge in [0.2, 0.25) is 0 Å². The Morgan fingerprint density at radius 3 is 2.71 bits per heavy atom. The van der Waals surface area contributed by atoms with Crippen molar-refractivity contribution in [2.45, 2.75) is 18.9 Å². The fourth-order valence-electron chi connectivity index (χ4n) is 3.80. The summed E-state index contributed by atoms with van der Waals surface area (Å²) in [5, 5.41) is 14.0. The van der Waals surface area contributed by atoms with Crippen molar-refractivity contribution in [1.82, 2.24) is 14.9 Å². The number of aliphatic hydroxyl groups excluding tert-OH is 1. The lowest BCUT2D eigenvalue weighted by Gasteiger charge is -2.33. The number of nitrogens with zero attached hydrogens (tertiary/aromatic N) is 3.